The fraction of sp³-hybridized carbons (Fsp3) is 0.222. The van der Waals surface area contributed by atoms with E-state index in [9.17, 15) is 9.18 Å². The van der Waals surface area contributed by atoms with Crippen LogP contribution in [0, 0.1) is 5.82 Å². The molecular weight excluding hydrogens is 351 g/mol. The number of fused-ring (bicyclic) bond motifs is 2. The van der Waals surface area contributed by atoms with Gasteiger partial charge in [0.25, 0.3) is 0 Å². The Morgan fingerprint density at radius 1 is 1.30 bits per heavy atom. The Balaban J connectivity index is 1.92. The van der Waals surface area contributed by atoms with Gasteiger partial charge in [-0.1, -0.05) is 0 Å². The molecular formula is C18H15FN6O2. The molecule has 1 atom stereocenters. The molecule has 1 aliphatic heterocycles. The van der Waals surface area contributed by atoms with Crippen molar-refractivity contribution in [3.63, 3.8) is 0 Å². The summed E-state index contributed by atoms with van der Waals surface area (Å²) in [5.74, 6) is -0.338. The van der Waals surface area contributed by atoms with Crippen LogP contribution in [0.3, 0.4) is 0 Å². The molecule has 136 valence electrons. The Kier molecular flexibility index (Phi) is 3.36. The molecule has 0 aromatic carbocycles. The lowest BCUT2D eigenvalue weighted by molar-refractivity contribution is 0.217. The van der Waals surface area contributed by atoms with E-state index in [2.05, 4.69) is 25.3 Å². The van der Waals surface area contributed by atoms with Crippen LogP contribution in [0.5, 0.6) is 5.75 Å². The number of ether oxygens (including phenoxy) is 1. The second kappa shape index (κ2) is 5.76. The largest absolute Gasteiger partial charge is 0.488 e. The highest BCUT2D eigenvalue weighted by Crippen LogP contribution is 2.29. The third-order valence-electron chi connectivity index (χ3n) is 4.59. The average molecular weight is 366 g/mol. The molecule has 2 bridgehead atoms. The van der Waals surface area contributed by atoms with Crippen molar-refractivity contribution in [1.29, 1.82) is 0 Å². The smallest absolute Gasteiger partial charge is 0.333 e. The van der Waals surface area contributed by atoms with Crippen LogP contribution in [0.2, 0.25) is 0 Å². The van der Waals surface area contributed by atoms with Gasteiger partial charge >= 0.3 is 5.69 Å². The van der Waals surface area contributed by atoms with Crippen molar-refractivity contribution in [3.05, 3.63) is 46.9 Å². The van der Waals surface area contributed by atoms with Crippen molar-refractivity contribution in [2.45, 2.75) is 19.4 Å². The van der Waals surface area contributed by atoms with E-state index in [-0.39, 0.29) is 11.9 Å². The number of hydrogen-bond acceptors (Lipinski definition) is 6. The van der Waals surface area contributed by atoms with Crippen molar-refractivity contribution >= 4 is 27.9 Å². The molecule has 4 aromatic rings. The second-order valence-corrected chi connectivity index (χ2v) is 6.44. The van der Waals surface area contributed by atoms with Gasteiger partial charge in [0.2, 0.25) is 0 Å². The number of nitrogens with zero attached hydrogens (tertiary/aromatic N) is 4. The van der Waals surface area contributed by atoms with E-state index in [0.29, 0.717) is 34.5 Å². The molecule has 0 spiro atoms. The standard InChI is InChI=1S/C18H15FN6O2/c1-9-2-5-20-11-3-6-21-12-8-10(19)17(23-14(11)12)25-15-13(27-9)4-7-22-16(15)24-18(25)26/h3-4,6-9,20H,2,5H2,1H3,(H,22,24,26)/t9-/m0/s1. The third kappa shape index (κ3) is 2.42. The fourth-order valence-corrected chi connectivity index (χ4v) is 3.32. The zero-order valence-corrected chi connectivity index (χ0v) is 14.4. The number of hydrogen-bond donors (Lipinski definition) is 2. The van der Waals surface area contributed by atoms with E-state index in [1.165, 1.54) is 6.07 Å². The molecule has 5 rings (SSSR count). The number of halogens is 1. The van der Waals surface area contributed by atoms with Crippen molar-refractivity contribution in [2.75, 3.05) is 11.9 Å². The molecule has 4 aromatic heterocycles. The van der Waals surface area contributed by atoms with Gasteiger partial charge in [-0.2, -0.15) is 0 Å². The van der Waals surface area contributed by atoms with Crippen molar-refractivity contribution in [1.82, 2.24) is 24.5 Å². The van der Waals surface area contributed by atoms with Crippen LogP contribution in [0.4, 0.5) is 10.1 Å². The fourth-order valence-electron chi connectivity index (χ4n) is 3.32. The molecule has 2 N–H and O–H groups in total. The van der Waals surface area contributed by atoms with Gasteiger partial charge in [0.15, 0.2) is 17.3 Å². The summed E-state index contributed by atoms with van der Waals surface area (Å²) in [5, 5.41) is 3.29. The summed E-state index contributed by atoms with van der Waals surface area (Å²) in [5.41, 5.74) is 1.76. The molecule has 0 saturated carbocycles. The van der Waals surface area contributed by atoms with Gasteiger partial charge in [-0.25, -0.2) is 23.7 Å². The van der Waals surface area contributed by atoms with E-state index in [4.69, 9.17) is 4.74 Å². The van der Waals surface area contributed by atoms with Gasteiger partial charge in [-0.3, -0.25) is 9.97 Å². The minimum absolute atomic E-state index is 0.124. The molecule has 0 saturated heterocycles. The average Bonchev–Trinajstić information content (AvgIpc) is 2.97. The van der Waals surface area contributed by atoms with Gasteiger partial charge in [0.05, 0.1) is 17.3 Å². The summed E-state index contributed by atoms with van der Waals surface area (Å²) in [6.45, 7) is 2.58. The molecule has 0 amide bonds. The molecule has 8 nitrogen and oxygen atoms in total. The Labute approximate surface area is 152 Å². The van der Waals surface area contributed by atoms with Gasteiger partial charge < -0.3 is 10.1 Å². The molecule has 0 aliphatic carbocycles. The highest BCUT2D eigenvalue weighted by Gasteiger charge is 2.21. The predicted octanol–water partition coefficient (Wildman–Crippen LogP) is 2.38. The number of H-pyrrole nitrogens is 1. The maximum absolute atomic E-state index is 14.9. The van der Waals surface area contributed by atoms with Gasteiger partial charge in [0.1, 0.15) is 16.8 Å². The van der Waals surface area contributed by atoms with E-state index in [0.717, 1.165) is 16.7 Å². The Bertz CT molecular complexity index is 1250. The summed E-state index contributed by atoms with van der Waals surface area (Å²) < 4.78 is 22.1. The normalized spacial score (nSPS) is 16.6. The third-order valence-corrected chi connectivity index (χ3v) is 4.59. The topological polar surface area (TPSA) is 97.7 Å². The summed E-state index contributed by atoms with van der Waals surface area (Å²) in [7, 11) is 0. The maximum atomic E-state index is 14.9. The predicted molar refractivity (Wildman–Crippen MR) is 97.9 cm³/mol. The first-order chi connectivity index (χ1) is 13.1. The van der Waals surface area contributed by atoms with Crippen LogP contribution in [0.15, 0.2) is 35.4 Å². The van der Waals surface area contributed by atoms with Crippen LogP contribution >= 0.6 is 0 Å². The molecule has 9 heteroatoms. The van der Waals surface area contributed by atoms with Gasteiger partial charge in [0, 0.05) is 37.5 Å². The SMILES string of the molecule is C[C@H]1CCNc2ccnc3cc(F)c(nc23)-n2c(=O)[nH]c3nccc(c32)O1. The number of nitrogens with one attached hydrogen (secondary N) is 2. The van der Waals surface area contributed by atoms with E-state index in [1.807, 2.05) is 6.92 Å². The monoisotopic (exact) mass is 366 g/mol. The van der Waals surface area contributed by atoms with E-state index < -0.39 is 11.5 Å². The van der Waals surface area contributed by atoms with Crippen LogP contribution < -0.4 is 15.7 Å². The molecule has 0 fully saturated rings. The summed E-state index contributed by atoms with van der Waals surface area (Å²) >= 11 is 0. The summed E-state index contributed by atoms with van der Waals surface area (Å²) in [6, 6.07) is 4.71. The number of rotatable bonds is 0. The minimum Gasteiger partial charge on any atom is -0.488 e. The first-order valence-corrected chi connectivity index (χ1v) is 8.58. The number of anilines is 1. The number of imidazole rings is 1. The summed E-state index contributed by atoms with van der Waals surface area (Å²) in [6.07, 6.45) is 3.73. The lowest BCUT2D eigenvalue weighted by Gasteiger charge is -2.18. The van der Waals surface area contributed by atoms with Gasteiger partial charge in [-0.15, -0.1) is 0 Å². The Morgan fingerprint density at radius 3 is 3.04 bits per heavy atom. The lowest BCUT2D eigenvalue weighted by Crippen LogP contribution is -2.21. The second-order valence-electron chi connectivity index (χ2n) is 6.44. The van der Waals surface area contributed by atoms with Crippen molar-refractivity contribution in [2.24, 2.45) is 0 Å². The van der Waals surface area contributed by atoms with Crippen LogP contribution in [-0.2, 0) is 0 Å². The first kappa shape index (κ1) is 15.7. The number of pyridine rings is 3. The summed E-state index contributed by atoms with van der Waals surface area (Å²) in [4.78, 5) is 28.0. The van der Waals surface area contributed by atoms with Crippen molar-refractivity contribution in [3.8, 4) is 11.6 Å². The van der Waals surface area contributed by atoms with Gasteiger partial charge in [-0.05, 0) is 13.0 Å². The van der Waals surface area contributed by atoms with Crippen LogP contribution in [0.1, 0.15) is 13.3 Å². The van der Waals surface area contributed by atoms with Crippen LogP contribution in [0.25, 0.3) is 28.0 Å². The van der Waals surface area contributed by atoms with Crippen molar-refractivity contribution < 1.29 is 9.13 Å². The molecule has 27 heavy (non-hydrogen) atoms. The lowest BCUT2D eigenvalue weighted by atomic mass is 10.2. The van der Waals surface area contributed by atoms with E-state index in [1.54, 1.807) is 24.5 Å². The Morgan fingerprint density at radius 2 is 2.15 bits per heavy atom. The van der Waals surface area contributed by atoms with E-state index >= 15 is 0 Å². The number of aromatic nitrogens is 5. The number of aromatic amines is 1. The minimum atomic E-state index is -0.657. The molecule has 5 heterocycles. The highest BCUT2D eigenvalue weighted by molar-refractivity contribution is 5.88. The highest BCUT2D eigenvalue weighted by atomic mass is 19.1. The quantitative estimate of drug-likeness (QED) is 0.496. The molecule has 0 unspecified atom stereocenters. The zero-order chi connectivity index (χ0) is 18.5. The maximum Gasteiger partial charge on any atom is 0.333 e. The molecule has 0 radical (unpaired) electrons. The molecule has 1 aliphatic rings. The van der Waals surface area contributed by atoms with Crippen LogP contribution in [-0.4, -0.2) is 37.2 Å². The zero-order valence-electron chi connectivity index (χ0n) is 14.4. The Hall–Kier alpha value is -3.49. The first-order valence-electron chi connectivity index (χ1n) is 8.58.